The average molecular weight is 262 g/mol. The van der Waals surface area contributed by atoms with Gasteiger partial charge in [0.25, 0.3) is 6.26 Å². The van der Waals surface area contributed by atoms with Crippen LogP contribution in [-0.2, 0) is 0 Å². The van der Waals surface area contributed by atoms with E-state index in [9.17, 15) is 0 Å². The van der Waals surface area contributed by atoms with Gasteiger partial charge in [-0.2, -0.15) is 0 Å². The summed E-state index contributed by atoms with van der Waals surface area (Å²) in [4.78, 5) is 3.95. The van der Waals surface area contributed by atoms with Crippen molar-refractivity contribution >= 4 is 10.8 Å². The molecular formula is C16H10N2O2. The Bertz CT molecular complexity index is 779. The molecule has 0 aliphatic heterocycles. The van der Waals surface area contributed by atoms with Gasteiger partial charge in [0.2, 0.25) is 0 Å². The summed E-state index contributed by atoms with van der Waals surface area (Å²) in [6.07, 6.45) is 5.04. The van der Waals surface area contributed by atoms with E-state index < -0.39 is 0 Å². The van der Waals surface area contributed by atoms with Gasteiger partial charge in [0.05, 0.1) is 0 Å². The summed E-state index contributed by atoms with van der Waals surface area (Å²) in [5.74, 6) is 1.93. The summed E-state index contributed by atoms with van der Waals surface area (Å²) >= 11 is 0. The summed E-state index contributed by atoms with van der Waals surface area (Å²) in [6, 6.07) is 14.7. The van der Waals surface area contributed by atoms with Crippen LogP contribution in [0, 0.1) is 11.5 Å². The van der Waals surface area contributed by atoms with Crippen LogP contribution in [0.1, 0.15) is 0 Å². The minimum absolute atomic E-state index is 0.519. The van der Waals surface area contributed by atoms with Crippen LogP contribution in [0.5, 0.6) is 17.2 Å². The lowest BCUT2D eigenvalue weighted by molar-refractivity contribution is 0.483. The molecule has 20 heavy (non-hydrogen) atoms. The summed E-state index contributed by atoms with van der Waals surface area (Å²) in [6.45, 7) is 0. The third-order valence-electron chi connectivity index (χ3n) is 2.88. The zero-order valence-corrected chi connectivity index (χ0v) is 10.5. The number of fused-ring (bicyclic) bond motifs is 1. The fourth-order valence-electron chi connectivity index (χ4n) is 2.00. The van der Waals surface area contributed by atoms with Crippen LogP contribution in [0.2, 0.25) is 0 Å². The van der Waals surface area contributed by atoms with E-state index in [2.05, 4.69) is 4.98 Å². The number of nitriles is 1. The molecule has 0 fully saturated rings. The van der Waals surface area contributed by atoms with Gasteiger partial charge < -0.3 is 9.47 Å². The first-order chi connectivity index (χ1) is 9.88. The van der Waals surface area contributed by atoms with Crippen molar-refractivity contribution in [1.29, 1.82) is 5.26 Å². The maximum atomic E-state index is 8.67. The monoisotopic (exact) mass is 262 g/mol. The SMILES string of the molecule is N#COc1ccc(Oc2ccncc2)c2ccccc12. The molecule has 0 spiro atoms. The van der Waals surface area contributed by atoms with E-state index in [0.717, 1.165) is 10.8 Å². The number of pyridine rings is 1. The quantitative estimate of drug-likeness (QED) is 0.672. The molecule has 0 unspecified atom stereocenters. The van der Waals surface area contributed by atoms with Gasteiger partial charge >= 0.3 is 0 Å². The lowest BCUT2D eigenvalue weighted by Gasteiger charge is -2.10. The zero-order chi connectivity index (χ0) is 13.8. The van der Waals surface area contributed by atoms with Crippen LogP contribution in [0.4, 0.5) is 0 Å². The highest BCUT2D eigenvalue weighted by atomic mass is 16.5. The van der Waals surface area contributed by atoms with E-state index in [1.807, 2.05) is 24.3 Å². The van der Waals surface area contributed by atoms with Gasteiger partial charge in [-0.3, -0.25) is 4.98 Å². The van der Waals surface area contributed by atoms with Crippen LogP contribution >= 0.6 is 0 Å². The van der Waals surface area contributed by atoms with Crippen molar-refractivity contribution in [2.45, 2.75) is 0 Å². The molecule has 4 nitrogen and oxygen atoms in total. The Balaban J connectivity index is 2.09. The van der Waals surface area contributed by atoms with E-state index in [0.29, 0.717) is 17.2 Å². The van der Waals surface area contributed by atoms with Gasteiger partial charge in [0.1, 0.15) is 17.2 Å². The Kier molecular flexibility index (Phi) is 3.17. The smallest absolute Gasteiger partial charge is 0.292 e. The van der Waals surface area contributed by atoms with Crippen LogP contribution in [0.15, 0.2) is 60.9 Å². The fraction of sp³-hybridized carbons (Fsp3) is 0. The summed E-state index contributed by atoms with van der Waals surface area (Å²) in [5, 5.41) is 10.4. The largest absolute Gasteiger partial charge is 0.457 e. The molecule has 3 rings (SSSR count). The molecule has 0 N–H and O–H groups in total. The Hall–Kier alpha value is -3.06. The van der Waals surface area contributed by atoms with E-state index >= 15 is 0 Å². The molecule has 0 atom stereocenters. The maximum Gasteiger partial charge on any atom is 0.292 e. The molecule has 0 radical (unpaired) electrons. The zero-order valence-electron chi connectivity index (χ0n) is 10.5. The first kappa shape index (κ1) is 12.0. The number of ether oxygens (including phenoxy) is 2. The van der Waals surface area contributed by atoms with Gasteiger partial charge in [-0.25, -0.2) is 0 Å². The van der Waals surface area contributed by atoms with Crippen molar-refractivity contribution < 1.29 is 9.47 Å². The number of nitrogens with zero attached hydrogens (tertiary/aromatic N) is 2. The molecule has 3 aromatic rings. The van der Waals surface area contributed by atoms with Crippen molar-refractivity contribution in [2.24, 2.45) is 0 Å². The van der Waals surface area contributed by atoms with Crippen LogP contribution in [-0.4, -0.2) is 4.98 Å². The molecule has 0 aliphatic rings. The van der Waals surface area contributed by atoms with Crippen LogP contribution in [0.25, 0.3) is 10.8 Å². The molecule has 1 heterocycles. The standard InChI is InChI=1S/C16H10N2O2/c17-11-19-15-5-6-16(14-4-2-1-3-13(14)15)20-12-7-9-18-10-8-12/h1-10H. The fourth-order valence-corrected chi connectivity index (χ4v) is 2.00. The number of aromatic nitrogens is 1. The number of rotatable bonds is 3. The second-order valence-electron chi connectivity index (χ2n) is 4.09. The molecular weight excluding hydrogens is 252 g/mol. The van der Waals surface area contributed by atoms with Gasteiger partial charge in [-0.05, 0) is 24.3 Å². The van der Waals surface area contributed by atoms with Crippen LogP contribution < -0.4 is 9.47 Å². The predicted molar refractivity (Wildman–Crippen MR) is 74.5 cm³/mol. The van der Waals surface area contributed by atoms with Crippen molar-refractivity contribution in [3.8, 4) is 23.5 Å². The molecule has 0 aliphatic carbocycles. The van der Waals surface area contributed by atoms with Crippen molar-refractivity contribution in [2.75, 3.05) is 0 Å². The number of hydrogen-bond acceptors (Lipinski definition) is 4. The molecule has 4 heteroatoms. The van der Waals surface area contributed by atoms with Crippen molar-refractivity contribution in [1.82, 2.24) is 4.98 Å². The van der Waals surface area contributed by atoms with Gasteiger partial charge in [-0.15, -0.1) is 5.26 Å². The lowest BCUT2D eigenvalue weighted by atomic mass is 10.1. The highest BCUT2D eigenvalue weighted by Crippen LogP contribution is 2.35. The number of hydrogen-bond donors (Lipinski definition) is 0. The van der Waals surface area contributed by atoms with E-state index in [1.165, 1.54) is 0 Å². The third kappa shape index (κ3) is 2.25. The highest BCUT2D eigenvalue weighted by molar-refractivity contribution is 5.93. The third-order valence-corrected chi connectivity index (χ3v) is 2.88. The minimum Gasteiger partial charge on any atom is -0.457 e. The van der Waals surface area contributed by atoms with Crippen LogP contribution in [0.3, 0.4) is 0 Å². The van der Waals surface area contributed by atoms with Crippen molar-refractivity contribution in [3.05, 3.63) is 60.9 Å². The lowest BCUT2D eigenvalue weighted by Crippen LogP contribution is -1.89. The van der Waals surface area contributed by atoms with Gasteiger partial charge in [-0.1, -0.05) is 24.3 Å². The highest BCUT2D eigenvalue weighted by Gasteiger charge is 2.08. The Morgan fingerprint density at radius 3 is 2.20 bits per heavy atom. The van der Waals surface area contributed by atoms with Gasteiger partial charge in [0.15, 0.2) is 0 Å². The minimum atomic E-state index is 0.519. The molecule has 0 bridgehead atoms. The molecule has 1 aromatic heterocycles. The molecule has 96 valence electrons. The topological polar surface area (TPSA) is 55.1 Å². The first-order valence-corrected chi connectivity index (χ1v) is 6.04. The molecule has 0 saturated carbocycles. The summed E-state index contributed by atoms with van der Waals surface area (Å²) in [5.41, 5.74) is 0. The Morgan fingerprint density at radius 2 is 1.50 bits per heavy atom. The normalized spacial score (nSPS) is 9.95. The maximum absolute atomic E-state index is 8.67. The van der Waals surface area contributed by atoms with E-state index in [-0.39, 0.29) is 0 Å². The van der Waals surface area contributed by atoms with E-state index in [4.69, 9.17) is 14.7 Å². The summed E-state index contributed by atoms with van der Waals surface area (Å²) < 4.78 is 10.8. The van der Waals surface area contributed by atoms with Gasteiger partial charge in [0, 0.05) is 23.2 Å². The van der Waals surface area contributed by atoms with E-state index in [1.54, 1.807) is 42.9 Å². The second kappa shape index (κ2) is 5.29. The molecule has 2 aromatic carbocycles. The average Bonchev–Trinajstić information content (AvgIpc) is 2.51. The number of benzene rings is 2. The predicted octanol–water partition coefficient (Wildman–Crippen LogP) is 3.89. The summed E-state index contributed by atoms with van der Waals surface area (Å²) in [7, 11) is 0. The van der Waals surface area contributed by atoms with Crippen molar-refractivity contribution in [3.63, 3.8) is 0 Å². The second-order valence-corrected chi connectivity index (χ2v) is 4.09. The first-order valence-electron chi connectivity index (χ1n) is 6.04. The Morgan fingerprint density at radius 1 is 0.850 bits per heavy atom. The molecule has 0 saturated heterocycles. The Labute approximate surface area is 115 Å². The molecule has 0 amide bonds.